The molecule has 4 nitrogen and oxygen atoms in total. The number of hydrogen-bond donors (Lipinski definition) is 0. The van der Waals surface area contributed by atoms with E-state index in [0.717, 1.165) is 11.3 Å². The van der Waals surface area contributed by atoms with Crippen LogP contribution in [0.1, 0.15) is 0 Å². The minimum Gasteiger partial charge on any atom is -0.497 e. The Hall–Kier alpha value is -1.97. The van der Waals surface area contributed by atoms with Crippen molar-refractivity contribution < 1.29 is 14.0 Å². The zero-order valence-electron chi connectivity index (χ0n) is 8.56. The minimum absolute atomic E-state index is 0.473. The molecule has 1 heterocycles. The van der Waals surface area contributed by atoms with E-state index in [4.69, 9.17) is 14.0 Å². The second-order valence-electron chi connectivity index (χ2n) is 2.96. The molecule has 0 aliphatic rings. The fraction of sp³-hybridized carbons (Fsp3) is 0.182. The summed E-state index contributed by atoms with van der Waals surface area (Å²) in [6.45, 7) is 0. The van der Waals surface area contributed by atoms with Crippen LogP contribution in [0.4, 0.5) is 0 Å². The molecule has 0 saturated heterocycles. The fourth-order valence-corrected chi connectivity index (χ4v) is 1.25. The highest BCUT2D eigenvalue weighted by Gasteiger charge is 2.06. The van der Waals surface area contributed by atoms with Gasteiger partial charge in [-0.3, -0.25) is 0 Å². The summed E-state index contributed by atoms with van der Waals surface area (Å²) in [6, 6.07) is 9.27. The molecule has 0 bridgehead atoms. The van der Waals surface area contributed by atoms with Crippen molar-refractivity contribution in [2.45, 2.75) is 0 Å². The Balaban J connectivity index is 2.28. The lowest BCUT2D eigenvalue weighted by molar-refractivity contribution is 0.343. The van der Waals surface area contributed by atoms with Crippen LogP contribution in [0.25, 0.3) is 11.3 Å². The van der Waals surface area contributed by atoms with E-state index in [0.29, 0.717) is 11.6 Å². The van der Waals surface area contributed by atoms with E-state index >= 15 is 0 Å². The highest BCUT2D eigenvalue weighted by atomic mass is 16.5. The highest BCUT2D eigenvalue weighted by molar-refractivity contribution is 5.59. The molecular weight excluding hydrogens is 194 g/mol. The Labute approximate surface area is 87.4 Å². The number of aromatic nitrogens is 1. The normalized spacial score (nSPS) is 10.0. The Morgan fingerprint density at radius 2 is 1.80 bits per heavy atom. The first-order valence-corrected chi connectivity index (χ1v) is 4.48. The Morgan fingerprint density at radius 1 is 1.07 bits per heavy atom. The largest absolute Gasteiger partial charge is 0.497 e. The zero-order chi connectivity index (χ0) is 10.7. The van der Waals surface area contributed by atoms with Crippen LogP contribution >= 0.6 is 0 Å². The first kappa shape index (κ1) is 9.58. The lowest BCUT2D eigenvalue weighted by Gasteiger charge is -1.99. The molecule has 1 aromatic heterocycles. The molecule has 0 unspecified atom stereocenters. The summed E-state index contributed by atoms with van der Waals surface area (Å²) >= 11 is 0. The van der Waals surface area contributed by atoms with Gasteiger partial charge < -0.3 is 14.0 Å². The van der Waals surface area contributed by atoms with Gasteiger partial charge in [0.1, 0.15) is 5.75 Å². The smallest absolute Gasteiger partial charge is 0.254 e. The van der Waals surface area contributed by atoms with E-state index in [1.807, 2.05) is 24.3 Å². The zero-order valence-corrected chi connectivity index (χ0v) is 8.56. The summed E-state index contributed by atoms with van der Waals surface area (Å²) in [7, 11) is 3.18. The second-order valence-corrected chi connectivity index (χ2v) is 2.96. The van der Waals surface area contributed by atoms with Crippen LogP contribution in [0.5, 0.6) is 11.6 Å². The Kier molecular flexibility index (Phi) is 2.58. The van der Waals surface area contributed by atoms with Crippen molar-refractivity contribution in [3.8, 4) is 23.0 Å². The van der Waals surface area contributed by atoms with Crippen LogP contribution in [0.3, 0.4) is 0 Å². The van der Waals surface area contributed by atoms with Crippen LogP contribution in [0.2, 0.25) is 0 Å². The van der Waals surface area contributed by atoms with Gasteiger partial charge in [-0.2, -0.15) is 0 Å². The van der Waals surface area contributed by atoms with Crippen molar-refractivity contribution in [2.24, 2.45) is 0 Å². The first-order chi connectivity index (χ1) is 7.33. The van der Waals surface area contributed by atoms with Crippen molar-refractivity contribution in [3.05, 3.63) is 30.3 Å². The predicted octanol–water partition coefficient (Wildman–Crippen LogP) is 2.36. The van der Waals surface area contributed by atoms with Crippen molar-refractivity contribution in [3.63, 3.8) is 0 Å². The van der Waals surface area contributed by atoms with Gasteiger partial charge in [-0.25, -0.2) is 0 Å². The summed E-state index contributed by atoms with van der Waals surface area (Å²) in [4.78, 5) is 0. The topological polar surface area (TPSA) is 44.5 Å². The number of nitrogens with zero attached hydrogens (tertiary/aromatic N) is 1. The van der Waals surface area contributed by atoms with Crippen LogP contribution in [-0.2, 0) is 0 Å². The molecule has 0 fully saturated rings. The molecule has 78 valence electrons. The molecule has 0 spiro atoms. The third kappa shape index (κ3) is 1.93. The maximum Gasteiger partial charge on any atom is 0.254 e. The average molecular weight is 205 g/mol. The lowest BCUT2D eigenvalue weighted by atomic mass is 10.2. The summed E-state index contributed by atoms with van der Waals surface area (Å²) < 4.78 is 15.1. The van der Waals surface area contributed by atoms with Crippen LogP contribution in [-0.4, -0.2) is 19.4 Å². The highest BCUT2D eigenvalue weighted by Crippen LogP contribution is 2.25. The summed E-state index contributed by atoms with van der Waals surface area (Å²) in [5.41, 5.74) is 0.937. The molecule has 0 aliphatic heterocycles. The van der Waals surface area contributed by atoms with E-state index in [1.165, 1.54) is 0 Å². The molecule has 2 rings (SSSR count). The average Bonchev–Trinajstić information content (AvgIpc) is 2.78. The molecule has 0 amide bonds. The SMILES string of the molecule is COc1ccc(-c2cc(OC)no2)cc1. The molecule has 0 atom stereocenters. The van der Waals surface area contributed by atoms with Crippen LogP contribution in [0, 0.1) is 0 Å². The Morgan fingerprint density at radius 3 is 2.33 bits per heavy atom. The van der Waals surface area contributed by atoms with Gasteiger partial charge >= 0.3 is 0 Å². The van der Waals surface area contributed by atoms with Gasteiger partial charge in [0.15, 0.2) is 5.76 Å². The number of hydrogen-bond acceptors (Lipinski definition) is 4. The van der Waals surface area contributed by atoms with E-state index in [1.54, 1.807) is 20.3 Å². The van der Waals surface area contributed by atoms with Gasteiger partial charge in [-0.15, -0.1) is 0 Å². The summed E-state index contributed by atoms with van der Waals surface area (Å²) in [6.07, 6.45) is 0. The molecule has 15 heavy (non-hydrogen) atoms. The van der Waals surface area contributed by atoms with Crippen molar-refractivity contribution in [2.75, 3.05) is 14.2 Å². The minimum atomic E-state index is 0.473. The number of methoxy groups -OCH3 is 2. The molecule has 0 N–H and O–H groups in total. The van der Waals surface area contributed by atoms with Crippen molar-refractivity contribution >= 4 is 0 Å². The monoisotopic (exact) mass is 205 g/mol. The second kappa shape index (κ2) is 4.04. The molecule has 2 aromatic rings. The third-order valence-electron chi connectivity index (χ3n) is 2.07. The third-order valence-corrected chi connectivity index (χ3v) is 2.07. The lowest BCUT2D eigenvalue weighted by Crippen LogP contribution is -1.81. The van der Waals surface area contributed by atoms with E-state index in [-0.39, 0.29) is 0 Å². The Bertz CT molecular complexity index is 433. The predicted molar refractivity (Wildman–Crippen MR) is 55.0 cm³/mol. The van der Waals surface area contributed by atoms with Gasteiger partial charge in [0.25, 0.3) is 5.88 Å². The molecular formula is C11H11NO3. The first-order valence-electron chi connectivity index (χ1n) is 4.48. The molecule has 4 heteroatoms. The van der Waals surface area contributed by atoms with Gasteiger partial charge in [0.05, 0.1) is 14.2 Å². The standard InChI is InChI=1S/C11H11NO3/c1-13-9-5-3-8(4-6-9)10-7-11(14-2)12-15-10/h3-7H,1-2H3. The van der Waals surface area contributed by atoms with Crippen LogP contribution in [0.15, 0.2) is 34.9 Å². The molecule has 0 aliphatic carbocycles. The van der Waals surface area contributed by atoms with Gasteiger partial charge in [0.2, 0.25) is 0 Å². The van der Waals surface area contributed by atoms with Gasteiger partial charge in [-0.1, -0.05) is 0 Å². The maximum atomic E-state index is 5.10. The van der Waals surface area contributed by atoms with Crippen molar-refractivity contribution in [1.29, 1.82) is 0 Å². The molecule has 0 radical (unpaired) electrons. The summed E-state index contributed by atoms with van der Waals surface area (Å²) in [5, 5.41) is 3.73. The van der Waals surface area contributed by atoms with Gasteiger partial charge in [-0.05, 0) is 29.4 Å². The number of rotatable bonds is 3. The van der Waals surface area contributed by atoms with Crippen LogP contribution < -0.4 is 9.47 Å². The van der Waals surface area contributed by atoms with E-state index in [9.17, 15) is 0 Å². The molecule has 0 saturated carbocycles. The van der Waals surface area contributed by atoms with Gasteiger partial charge in [0, 0.05) is 11.6 Å². The number of benzene rings is 1. The summed E-state index contributed by atoms with van der Waals surface area (Å²) in [5.74, 6) is 1.96. The van der Waals surface area contributed by atoms with Crippen molar-refractivity contribution in [1.82, 2.24) is 5.16 Å². The molecule has 1 aromatic carbocycles. The fourth-order valence-electron chi connectivity index (χ4n) is 1.25. The number of ether oxygens (including phenoxy) is 2. The quantitative estimate of drug-likeness (QED) is 0.771. The van der Waals surface area contributed by atoms with E-state index in [2.05, 4.69) is 5.16 Å². The maximum absolute atomic E-state index is 5.10. The van der Waals surface area contributed by atoms with E-state index < -0.39 is 0 Å².